The first kappa shape index (κ1) is 26.1. The minimum Gasteiger partial charge on any atom is -0.466 e. The highest BCUT2D eigenvalue weighted by atomic mass is 35.5. The number of anilines is 1. The molecule has 0 saturated heterocycles. The number of likely N-dealkylation sites (N-methyl/N-ethyl adjacent to an activating group) is 1. The largest absolute Gasteiger partial charge is 0.466 e. The number of hydrogen-bond acceptors (Lipinski definition) is 9. The van der Waals surface area contributed by atoms with Gasteiger partial charge in [-0.2, -0.15) is 0 Å². The monoisotopic (exact) mass is 503 g/mol. The lowest BCUT2D eigenvalue weighted by Gasteiger charge is -2.31. The molecule has 1 aliphatic rings. The van der Waals surface area contributed by atoms with Crippen LogP contribution in [-0.4, -0.2) is 62.1 Å². The zero-order valence-electron chi connectivity index (χ0n) is 20.2. The minimum atomic E-state index is -0.789. The number of nitrogens with zero attached hydrogens (tertiary/aromatic N) is 3. The summed E-state index contributed by atoms with van der Waals surface area (Å²) >= 11 is 6.51. The van der Waals surface area contributed by atoms with Crippen LogP contribution in [0.25, 0.3) is 0 Å². The van der Waals surface area contributed by atoms with Gasteiger partial charge < -0.3 is 30.3 Å². The average molecular weight is 504 g/mol. The first-order chi connectivity index (χ1) is 16.8. The molecule has 35 heavy (non-hydrogen) atoms. The number of benzene rings is 1. The number of methoxy groups -OCH3 is 1. The van der Waals surface area contributed by atoms with Crippen LogP contribution in [0.1, 0.15) is 25.3 Å². The number of halogens is 1. The third-order valence-electron chi connectivity index (χ3n) is 5.57. The van der Waals surface area contributed by atoms with E-state index in [9.17, 15) is 9.59 Å². The number of dihydropyridines is 1. The van der Waals surface area contributed by atoms with Crippen LogP contribution in [0.15, 0.2) is 59.2 Å². The van der Waals surface area contributed by atoms with Crippen molar-refractivity contribution in [2.24, 2.45) is 0 Å². The van der Waals surface area contributed by atoms with Crippen molar-refractivity contribution >= 4 is 29.5 Å². The van der Waals surface area contributed by atoms with Gasteiger partial charge in [0, 0.05) is 36.7 Å². The highest BCUT2D eigenvalue weighted by Gasteiger charge is 2.39. The average Bonchev–Trinajstić information content (AvgIpc) is 3.27. The van der Waals surface area contributed by atoms with Crippen molar-refractivity contribution in [1.29, 1.82) is 0 Å². The molecule has 0 amide bonds. The molecule has 0 aliphatic carbocycles. The number of esters is 2. The predicted octanol–water partition coefficient (Wildman–Crippen LogP) is 2.35. The summed E-state index contributed by atoms with van der Waals surface area (Å²) < 4.78 is 17.7. The molecule has 188 valence electrons. The van der Waals surface area contributed by atoms with Gasteiger partial charge in [-0.25, -0.2) is 19.2 Å². The normalized spacial score (nSPS) is 15.6. The van der Waals surface area contributed by atoms with E-state index in [1.165, 1.54) is 11.8 Å². The first-order valence-electron chi connectivity index (χ1n) is 11.1. The summed E-state index contributed by atoms with van der Waals surface area (Å²) in [5.41, 5.74) is 2.14. The lowest BCUT2D eigenvalue weighted by Crippen LogP contribution is -2.35. The van der Waals surface area contributed by atoms with Crippen molar-refractivity contribution in [3.8, 4) is 0 Å². The standard InChI is InChI=1S/C24H30ClN5O5/c1-5-35-23(32)21-18(14-34-13-12-29(3)24-27-10-11-30(24)26)28-15(2)19(22(31)33-4)20(21)16-8-6-7-9-17(16)25/h6-11,20,28H,5,12-14,26H2,1-4H3. The number of nitrogens with one attached hydrogen (secondary N) is 1. The molecule has 1 atom stereocenters. The van der Waals surface area contributed by atoms with Crippen LogP contribution < -0.4 is 16.1 Å². The Morgan fingerprint density at radius 3 is 2.63 bits per heavy atom. The maximum absolute atomic E-state index is 13.2. The summed E-state index contributed by atoms with van der Waals surface area (Å²) in [6.45, 7) is 4.53. The molecule has 11 heteroatoms. The van der Waals surface area contributed by atoms with Crippen LogP contribution >= 0.6 is 11.6 Å². The van der Waals surface area contributed by atoms with Gasteiger partial charge in [-0.1, -0.05) is 29.8 Å². The van der Waals surface area contributed by atoms with E-state index in [1.54, 1.807) is 50.5 Å². The van der Waals surface area contributed by atoms with Gasteiger partial charge in [-0.3, -0.25) is 0 Å². The second-order valence-corrected chi connectivity index (χ2v) is 8.24. The third-order valence-corrected chi connectivity index (χ3v) is 5.91. The summed E-state index contributed by atoms with van der Waals surface area (Å²) in [5, 5.41) is 3.57. The van der Waals surface area contributed by atoms with E-state index in [2.05, 4.69) is 10.3 Å². The van der Waals surface area contributed by atoms with Crippen LogP contribution in [-0.2, 0) is 23.8 Å². The van der Waals surface area contributed by atoms with Crippen molar-refractivity contribution in [3.05, 3.63) is 69.8 Å². The molecule has 0 spiro atoms. The lowest BCUT2D eigenvalue weighted by molar-refractivity contribution is -0.139. The fourth-order valence-electron chi connectivity index (χ4n) is 3.94. The molecule has 2 aromatic rings. The molecule has 2 heterocycles. The topological polar surface area (TPSA) is 121 Å². The molecule has 1 unspecified atom stereocenters. The molecule has 0 radical (unpaired) electrons. The van der Waals surface area contributed by atoms with E-state index in [0.29, 0.717) is 41.1 Å². The quantitative estimate of drug-likeness (QED) is 0.286. The van der Waals surface area contributed by atoms with Gasteiger partial charge in [0.25, 0.3) is 0 Å². The molecular formula is C24H30ClN5O5. The Hall–Kier alpha value is -3.50. The number of rotatable bonds is 10. The van der Waals surface area contributed by atoms with Crippen LogP contribution in [0.5, 0.6) is 0 Å². The minimum absolute atomic E-state index is 0.0752. The number of allylic oxidation sites excluding steroid dienone is 1. The van der Waals surface area contributed by atoms with E-state index in [1.807, 2.05) is 11.9 Å². The highest BCUT2D eigenvalue weighted by Crippen LogP contribution is 2.41. The van der Waals surface area contributed by atoms with Crippen LogP contribution in [0.3, 0.4) is 0 Å². The van der Waals surface area contributed by atoms with Gasteiger partial charge in [0.2, 0.25) is 5.95 Å². The van der Waals surface area contributed by atoms with E-state index >= 15 is 0 Å². The number of ether oxygens (including phenoxy) is 3. The molecule has 3 N–H and O–H groups in total. The zero-order valence-corrected chi connectivity index (χ0v) is 21.0. The molecule has 10 nitrogen and oxygen atoms in total. The Bertz CT molecular complexity index is 1140. The number of nitrogens with two attached hydrogens (primary N) is 1. The number of carbonyl (C=O) groups excluding carboxylic acids is 2. The Morgan fingerprint density at radius 1 is 1.26 bits per heavy atom. The fraction of sp³-hybridized carbons (Fsp3) is 0.375. The molecule has 0 fully saturated rings. The molecule has 1 aromatic carbocycles. The van der Waals surface area contributed by atoms with Gasteiger partial charge >= 0.3 is 11.9 Å². The zero-order chi connectivity index (χ0) is 25.5. The van der Waals surface area contributed by atoms with Crippen molar-refractivity contribution in [1.82, 2.24) is 15.0 Å². The second kappa shape index (κ2) is 11.8. The van der Waals surface area contributed by atoms with Crippen molar-refractivity contribution in [2.75, 3.05) is 51.3 Å². The molecule has 3 rings (SSSR count). The van der Waals surface area contributed by atoms with Crippen LogP contribution in [0.4, 0.5) is 5.95 Å². The maximum atomic E-state index is 13.2. The van der Waals surface area contributed by atoms with E-state index in [4.69, 9.17) is 31.7 Å². The van der Waals surface area contributed by atoms with Crippen LogP contribution in [0, 0.1) is 0 Å². The van der Waals surface area contributed by atoms with Gasteiger partial charge in [0.1, 0.15) is 0 Å². The van der Waals surface area contributed by atoms with Gasteiger partial charge in [0.05, 0.1) is 49.7 Å². The molecule has 1 aliphatic heterocycles. The SMILES string of the molecule is CCOC(=O)C1=C(COCCN(C)c2nccn2N)NC(C)=C(C(=O)OC)C1c1ccccc1Cl. The molecular weight excluding hydrogens is 474 g/mol. The molecule has 0 saturated carbocycles. The fourth-order valence-corrected chi connectivity index (χ4v) is 4.18. The Kier molecular flexibility index (Phi) is 8.78. The second-order valence-electron chi connectivity index (χ2n) is 7.83. The number of nitrogen functional groups attached to an aromatic ring is 1. The summed E-state index contributed by atoms with van der Waals surface area (Å²) in [7, 11) is 3.14. The summed E-state index contributed by atoms with van der Waals surface area (Å²) in [5.74, 6) is 4.50. The Labute approximate surface area is 209 Å². The lowest BCUT2D eigenvalue weighted by atomic mass is 9.80. The highest BCUT2D eigenvalue weighted by molar-refractivity contribution is 6.31. The van der Waals surface area contributed by atoms with Gasteiger partial charge in [-0.05, 0) is 25.5 Å². The van der Waals surface area contributed by atoms with Gasteiger partial charge in [-0.15, -0.1) is 0 Å². The van der Waals surface area contributed by atoms with Crippen molar-refractivity contribution < 1.29 is 23.8 Å². The summed E-state index contributed by atoms with van der Waals surface area (Å²) in [4.78, 5) is 32.0. The van der Waals surface area contributed by atoms with E-state index in [0.717, 1.165) is 0 Å². The van der Waals surface area contributed by atoms with E-state index < -0.39 is 17.9 Å². The molecule has 1 aromatic heterocycles. The Balaban J connectivity index is 1.92. The van der Waals surface area contributed by atoms with Gasteiger partial charge in [0.15, 0.2) is 0 Å². The Morgan fingerprint density at radius 2 is 2.00 bits per heavy atom. The smallest absolute Gasteiger partial charge is 0.336 e. The summed E-state index contributed by atoms with van der Waals surface area (Å²) in [6, 6.07) is 7.06. The predicted molar refractivity (Wildman–Crippen MR) is 132 cm³/mol. The number of imidazole rings is 1. The first-order valence-corrected chi connectivity index (χ1v) is 11.5. The number of hydrogen-bond donors (Lipinski definition) is 2. The van der Waals surface area contributed by atoms with Crippen LogP contribution in [0.2, 0.25) is 5.02 Å². The van der Waals surface area contributed by atoms with E-state index in [-0.39, 0.29) is 24.4 Å². The van der Waals surface area contributed by atoms with Crippen molar-refractivity contribution in [2.45, 2.75) is 19.8 Å². The number of carbonyl (C=O) groups is 2. The molecule has 0 bridgehead atoms. The number of aromatic nitrogens is 2. The van der Waals surface area contributed by atoms with Crippen molar-refractivity contribution in [3.63, 3.8) is 0 Å². The summed E-state index contributed by atoms with van der Waals surface area (Å²) in [6.07, 6.45) is 3.26. The maximum Gasteiger partial charge on any atom is 0.336 e. The third kappa shape index (κ3) is 5.77.